The zero-order valence-electron chi connectivity index (χ0n) is 9.67. The van der Waals surface area contributed by atoms with Gasteiger partial charge >= 0.3 is 5.97 Å². The van der Waals surface area contributed by atoms with Crippen LogP contribution in [-0.4, -0.2) is 38.1 Å². The molecule has 1 atom stereocenters. The molecule has 1 unspecified atom stereocenters. The van der Waals surface area contributed by atoms with E-state index in [0.29, 0.717) is 6.04 Å². The first-order chi connectivity index (χ1) is 6.58. The zero-order chi connectivity index (χ0) is 10.8. The average Bonchev–Trinajstić information content (AvgIpc) is 2.09. The maximum atomic E-state index is 11.8. The van der Waals surface area contributed by atoms with Gasteiger partial charge in [0.1, 0.15) is 0 Å². The van der Waals surface area contributed by atoms with E-state index >= 15 is 0 Å². The Morgan fingerprint density at radius 1 is 1.50 bits per heavy atom. The fourth-order valence-electron chi connectivity index (χ4n) is 2.68. The Hall–Kier alpha value is -0.570. The van der Waals surface area contributed by atoms with Crippen molar-refractivity contribution in [1.82, 2.24) is 4.90 Å². The van der Waals surface area contributed by atoms with Crippen molar-refractivity contribution in [3.63, 3.8) is 0 Å². The molecule has 3 heteroatoms. The van der Waals surface area contributed by atoms with E-state index in [9.17, 15) is 4.79 Å². The lowest BCUT2D eigenvalue weighted by molar-refractivity contribution is -0.164. The minimum atomic E-state index is -0.215. The van der Waals surface area contributed by atoms with E-state index in [1.807, 2.05) is 14.1 Å². The topological polar surface area (TPSA) is 29.5 Å². The summed E-state index contributed by atoms with van der Waals surface area (Å²) in [5.74, 6) is -0.0238. The Labute approximate surface area is 86.4 Å². The molecule has 0 aromatic rings. The van der Waals surface area contributed by atoms with Crippen LogP contribution in [0.5, 0.6) is 0 Å². The molecule has 1 fully saturated rings. The first kappa shape index (κ1) is 11.5. The number of hydrogen-bond acceptors (Lipinski definition) is 3. The van der Waals surface area contributed by atoms with E-state index < -0.39 is 0 Å². The molecule has 0 aromatic carbocycles. The van der Waals surface area contributed by atoms with Gasteiger partial charge in [0.25, 0.3) is 0 Å². The number of carbonyl (C=O) groups is 1. The summed E-state index contributed by atoms with van der Waals surface area (Å²) in [4.78, 5) is 13.9. The summed E-state index contributed by atoms with van der Waals surface area (Å²) >= 11 is 0. The molecule has 0 aromatic heterocycles. The summed E-state index contributed by atoms with van der Waals surface area (Å²) in [5, 5.41) is 0. The summed E-state index contributed by atoms with van der Waals surface area (Å²) in [6, 6.07) is 0.323. The Morgan fingerprint density at radius 2 is 2.07 bits per heavy atom. The molecule has 1 rings (SSSR count). The fraction of sp³-hybridized carbons (Fsp3) is 0.909. The number of nitrogens with zero attached hydrogens (tertiary/aromatic N) is 1. The lowest BCUT2D eigenvalue weighted by Crippen LogP contribution is -2.53. The van der Waals surface area contributed by atoms with Gasteiger partial charge in [-0.3, -0.25) is 4.79 Å². The molecule has 0 N–H and O–H groups in total. The van der Waals surface area contributed by atoms with Crippen LogP contribution in [0.1, 0.15) is 32.6 Å². The van der Waals surface area contributed by atoms with Crippen molar-refractivity contribution < 1.29 is 9.53 Å². The molecular weight excluding hydrogens is 178 g/mol. The maximum absolute atomic E-state index is 11.8. The van der Waals surface area contributed by atoms with Gasteiger partial charge in [-0.2, -0.15) is 0 Å². The van der Waals surface area contributed by atoms with Crippen LogP contribution < -0.4 is 0 Å². The standard InChI is InChI=1S/C11H21NO2/c1-5-9(12(2)3)11(7-6-8-11)10(13)14-4/h9H,5-8H2,1-4H3. The van der Waals surface area contributed by atoms with Crippen LogP contribution in [0.3, 0.4) is 0 Å². The third kappa shape index (κ3) is 1.65. The molecule has 0 bridgehead atoms. The number of carbonyl (C=O) groups excluding carboxylic acids is 1. The van der Waals surface area contributed by atoms with E-state index in [1.165, 1.54) is 7.11 Å². The number of rotatable bonds is 4. The number of hydrogen-bond donors (Lipinski definition) is 0. The molecule has 82 valence electrons. The largest absolute Gasteiger partial charge is 0.469 e. The second-order valence-corrected chi connectivity index (χ2v) is 4.39. The predicted octanol–water partition coefficient (Wildman–Crippen LogP) is 1.67. The summed E-state index contributed by atoms with van der Waals surface area (Å²) in [6.07, 6.45) is 4.12. The van der Waals surface area contributed by atoms with Gasteiger partial charge in [-0.1, -0.05) is 13.3 Å². The highest BCUT2D eigenvalue weighted by atomic mass is 16.5. The smallest absolute Gasteiger partial charge is 0.313 e. The van der Waals surface area contributed by atoms with E-state index in [0.717, 1.165) is 25.7 Å². The molecule has 0 aliphatic heterocycles. The lowest BCUT2D eigenvalue weighted by Gasteiger charge is -2.47. The van der Waals surface area contributed by atoms with Gasteiger partial charge in [-0.25, -0.2) is 0 Å². The van der Waals surface area contributed by atoms with Gasteiger partial charge < -0.3 is 9.64 Å². The van der Waals surface area contributed by atoms with E-state index in [2.05, 4.69) is 11.8 Å². The van der Waals surface area contributed by atoms with Gasteiger partial charge in [-0.05, 0) is 33.4 Å². The minimum Gasteiger partial charge on any atom is -0.469 e. The Kier molecular flexibility index (Phi) is 3.53. The average molecular weight is 199 g/mol. The molecule has 0 spiro atoms. The normalized spacial score (nSPS) is 21.5. The van der Waals surface area contributed by atoms with Gasteiger partial charge in [0, 0.05) is 6.04 Å². The van der Waals surface area contributed by atoms with E-state index in [-0.39, 0.29) is 11.4 Å². The molecule has 0 saturated heterocycles. The summed E-state index contributed by atoms with van der Waals surface area (Å²) in [7, 11) is 5.57. The molecule has 14 heavy (non-hydrogen) atoms. The molecule has 0 heterocycles. The number of ether oxygens (including phenoxy) is 1. The summed E-state index contributed by atoms with van der Waals surface area (Å²) in [6.45, 7) is 2.13. The highest BCUT2D eigenvalue weighted by Crippen LogP contribution is 2.47. The zero-order valence-corrected chi connectivity index (χ0v) is 9.67. The van der Waals surface area contributed by atoms with Crippen molar-refractivity contribution in [2.45, 2.75) is 38.6 Å². The minimum absolute atomic E-state index is 0.0238. The van der Waals surface area contributed by atoms with Crippen LogP contribution in [0.25, 0.3) is 0 Å². The maximum Gasteiger partial charge on any atom is 0.313 e. The van der Waals surface area contributed by atoms with Crippen molar-refractivity contribution in [2.24, 2.45) is 5.41 Å². The van der Waals surface area contributed by atoms with Crippen LogP contribution in [0.15, 0.2) is 0 Å². The SMILES string of the molecule is CCC(N(C)C)C1(C(=O)OC)CCC1. The van der Waals surface area contributed by atoms with Crippen molar-refractivity contribution in [3.05, 3.63) is 0 Å². The van der Waals surface area contributed by atoms with Crippen molar-refractivity contribution >= 4 is 5.97 Å². The second-order valence-electron chi connectivity index (χ2n) is 4.39. The first-order valence-electron chi connectivity index (χ1n) is 5.33. The molecule has 1 aliphatic carbocycles. The second kappa shape index (κ2) is 4.30. The fourth-order valence-corrected chi connectivity index (χ4v) is 2.68. The van der Waals surface area contributed by atoms with Crippen LogP contribution in [0.2, 0.25) is 0 Å². The molecule has 0 radical (unpaired) electrons. The molecule has 1 aliphatic rings. The Bertz CT molecular complexity index is 209. The quantitative estimate of drug-likeness (QED) is 0.645. The van der Waals surface area contributed by atoms with Crippen molar-refractivity contribution in [1.29, 1.82) is 0 Å². The molecule has 0 amide bonds. The number of methoxy groups -OCH3 is 1. The highest BCUT2D eigenvalue weighted by Gasteiger charge is 2.51. The van der Waals surface area contributed by atoms with Crippen LogP contribution >= 0.6 is 0 Å². The third-order valence-electron chi connectivity index (χ3n) is 3.49. The predicted molar refractivity (Wildman–Crippen MR) is 56.1 cm³/mol. The monoisotopic (exact) mass is 199 g/mol. The van der Waals surface area contributed by atoms with Crippen LogP contribution in [-0.2, 0) is 9.53 Å². The van der Waals surface area contributed by atoms with Gasteiger partial charge in [0.2, 0.25) is 0 Å². The van der Waals surface area contributed by atoms with Crippen molar-refractivity contribution in [3.8, 4) is 0 Å². The molecular formula is C11H21NO2. The lowest BCUT2D eigenvalue weighted by atomic mass is 9.63. The van der Waals surface area contributed by atoms with Gasteiger partial charge in [0.15, 0.2) is 0 Å². The Morgan fingerprint density at radius 3 is 2.29 bits per heavy atom. The van der Waals surface area contributed by atoms with Crippen LogP contribution in [0, 0.1) is 5.41 Å². The van der Waals surface area contributed by atoms with Gasteiger partial charge in [-0.15, -0.1) is 0 Å². The molecule has 1 saturated carbocycles. The summed E-state index contributed by atoms with van der Waals surface area (Å²) in [5.41, 5.74) is -0.215. The van der Waals surface area contributed by atoms with Crippen LogP contribution in [0.4, 0.5) is 0 Å². The first-order valence-corrected chi connectivity index (χ1v) is 5.33. The highest BCUT2D eigenvalue weighted by molar-refractivity contribution is 5.78. The summed E-state index contributed by atoms with van der Waals surface area (Å²) < 4.78 is 4.92. The van der Waals surface area contributed by atoms with E-state index in [1.54, 1.807) is 0 Å². The molecule has 3 nitrogen and oxygen atoms in total. The van der Waals surface area contributed by atoms with Crippen molar-refractivity contribution in [2.75, 3.05) is 21.2 Å². The third-order valence-corrected chi connectivity index (χ3v) is 3.49. The number of esters is 1. The van der Waals surface area contributed by atoms with E-state index in [4.69, 9.17) is 4.74 Å². The van der Waals surface area contributed by atoms with Gasteiger partial charge in [0.05, 0.1) is 12.5 Å². The Balaban J connectivity index is 2.82.